The number of nitrogens with zero attached hydrogens (tertiary/aromatic N) is 8. The van der Waals surface area contributed by atoms with E-state index in [1.54, 1.807) is 0 Å². The summed E-state index contributed by atoms with van der Waals surface area (Å²) in [6.07, 6.45) is 7.35. The lowest BCUT2D eigenvalue weighted by atomic mass is 9.80. The normalized spacial score (nSPS) is 13.0. The second-order valence-electron chi connectivity index (χ2n) is 27.8. The quantitative estimate of drug-likeness (QED) is 0.132. The average Bonchev–Trinajstić information content (AvgIpc) is 1.56. The number of para-hydroxylation sites is 2. The molecule has 0 N–H and O–H groups in total. The third-order valence-electron chi connectivity index (χ3n) is 20.8. The van der Waals surface area contributed by atoms with E-state index < -0.39 is 0 Å². The van der Waals surface area contributed by atoms with Gasteiger partial charge in [-0.25, -0.2) is 19.9 Å². The summed E-state index contributed by atoms with van der Waals surface area (Å²) in [6, 6.07) is 102. The molecule has 10 aromatic carbocycles. The van der Waals surface area contributed by atoms with E-state index in [1.807, 2.05) is 109 Å². The van der Waals surface area contributed by atoms with Crippen molar-refractivity contribution in [2.45, 2.75) is 38.5 Å². The molecular formula is C94H64N8OS. The van der Waals surface area contributed by atoms with Crippen LogP contribution in [0.2, 0.25) is 0 Å². The van der Waals surface area contributed by atoms with Crippen LogP contribution < -0.4 is 0 Å². The summed E-state index contributed by atoms with van der Waals surface area (Å²) in [5, 5.41) is 4.84. The van der Waals surface area contributed by atoms with E-state index in [4.69, 9.17) is 44.3 Å². The zero-order chi connectivity index (χ0) is 69.6. The number of fused-ring (bicyclic) bond motifs is 12. The number of aromatic nitrogens is 8. The molecule has 104 heavy (non-hydrogen) atoms. The Labute approximate surface area is 605 Å². The Morgan fingerprint density at radius 3 is 1.12 bits per heavy atom. The first-order valence-electron chi connectivity index (χ1n) is 35.1. The van der Waals surface area contributed by atoms with Gasteiger partial charge in [-0.1, -0.05) is 222 Å². The summed E-state index contributed by atoms with van der Waals surface area (Å²) in [5.74, 6) is 1.38. The molecule has 492 valence electrons. The Morgan fingerprint density at radius 1 is 0.279 bits per heavy atom. The van der Waals surface area contributed by atoms with Crippen LogP contribution in [0, 0.1) is 0 Å². The minimum Gasteiger partial charge on any atom is -0.455 e. The van der Waals surface area contributed by atoms with Gasteiger partial charge >= 0.3 is 0 Å². The molecule has 2 aliphatic rings. The average molecular weight is 1350 g/mol. The third kappa shape index (κ3) is 10.6. The smallest absolute Gasteiger partial charge is 0.160 e. The van der Waals surface area contributed by atoms with E-state index in [2.05, 4.69) is 246 Å². The fraction of sp³-hybridized carbons (Fsp3) is 0.0638. The van der Waals surface area contributed by atoms with Gasteiger partial charge < -0.3 is 4.42 Å². The Kier molecular flexibility index (Phi) is 14.9. The number of furan rings is 1. The van der Waals surface area contributed by atoms with Gasteiger partial charge in [-0.15, -0.1) is 11.3 Å². The highest BCUT2D eigenvalue weighted by molar-refractivity contribution is 7.26. The van der Waals surface area contributed by atoms with Gasteiger partial charge in [0.25, 0.3) is 0 Å². The summed E-state index contributed by atoms with van der Waals surface area (Å²) >= 11 is 1.86. The van der Waals surface area contributed by atoms with Crippen molar-refractivity contribution >= 4 is 53.4 Å². The number of rotatable bonds is 10. The van der Waals surface area contributed by atoms with E-state index in [0.717, 1.165) is 145 Å². The van der Waals surface area contributed by atoms with Crippen LogP contribution in [0.15, 0.2) is 320 Å². The summed E-state index contributed by atoms with van der Waals surface area (Å²) in [6.45, 7) is 9.13. The highest BCUT2D eigenvalue weighted by atomic mass is 32.1. The molecule has 9 nitrogen and oxygen atoms in total. The number of hydrogen-bond acceptors (Lipinski definition) is 10. The summed E-state index contributed by atoms with van der Waals surface area (Å²) < 4.78 is 8.99. The molecule has 0 aliphatic heterocycles. The molecule has 0 bridgehead atoms. The highest BCUT2D eigenvalue weighted by Gasteiger charge is 2.42. The second-order valence-corrected chi connectivity index (χ2v) is 28.8. The Morgan fingerprint density at radius 2 is 0.644 bits per heavy atom. The molecule has 8 heterocycles. The van der Waals surface area contributed by atoms with Gasteiger partial charge in [-0.05, 0) is 125 Å². The molecule has 0 radical (unpaired) electrons. The molecule has 8 aromatic heterocycles. The van der Waals surface area contributed by atoms with Crippen molar-refractivity contribution in [3.63, 3.8) is 0 Å². The van der Waals surface area contributed by atoms with E-state index >= 15 is 0 Å². The number of benzene rings is 10. The first-order valence-corrected chi connectivity index (χ1v) is 35.9. The van der Waals surface area contributed by atoms with Gasteiger partial charge in [0.15, 0.2) is 11.6 Å². The van der Waals surface area contributed by atoms with Crippen molar-refractivity contribution in [2.24, 2.45) is 0 Å². The van der Waals surface area contributed by atoms with Gasteiger partial charge in [-0.2, -0.15) is 0 Å². The largest absolute Gasteiger partial charge is 0.455 e. The Balaban J connectivity index is 0.000000143. The lowest BCUT2D eigenvalue weighted by molar-refractivity contribution is 0.657. The first-order chi connectivity index (χ1) is 51.1. The Hall–Kier alpha value is -13.0. The lowest BCUT2D eigenvalue weighted by Gasteiger charge is -2.24. The molecule has 0 fully saturated rings. The molecular weight excluding hydrogens is 1290 g/mol. The van der Waals surface area contributed by atoms with Gasteiger partial charge in [0.2, 0.25) is 0 Å². The number of pyridine rings is 4. The number of thiophene rings is 1. The van der Waals surface area contributed by atoms with Gasteiger partial charge in [0.05, 0.1) is 45.6 Å². The SMILES string of the molecule is CC1(C)c2ccccc2-c2nc(-c3ccc(-c4cccc5c4oc4ccccc45)cc3)nc(-c3cc(-c4ccccn4)cc(-c4ccccn4)c3)c21.CC1(C)c2ccccc2-c2nc(-c3ccc(-c4cccc5c4sc4ccccc45)cc3)nc(-c3cc(-c4ccccn4)cc(-c4ccccn4)c3)c21. The molecule has 0 unspecified atom stereocenters. The third-order valence-corrected chi connectivity index (χ3v) is 22.0. The molecule has 10 heteroatoms. The van der Waals surface area contributed by atoms with Crippen molar-refractivity contribution in [3.8, 4) is 135 Å². The summed E-state index contributed by atoms with van der Waals surface area (Å²) in [4.78, 5) is 40.5. The molecule has 0 saturated carbocycles. The molecule has 18 aromatic rings. The predicted octanol–water partition coefficient (Wildman–Crippen LogP) is 24.1. The maximum atomic E-state index is 6.37. The van der Waals surface area contributed by atoms with Crippen molar-refractivity contribution in [3.05, 3.63) is 338 Å². The van der Waals surface area contributed by atoms with Gasteiger partial charge in [0.1, 0.15) is 11.2 Å². The standard InChI is InChI=1S/C47H32N4O.C47H32N4S/c2*1-47(2)38-16-5-3-13-37(38)44-42(47)43(33-27-31(39-17-7-9-24-48-39)26-32(28-33)40-18-8-10-25-49-40)50-46(51-44)30-22-20-29(21-23-30)34-14-11-15-36-35-12-4-6-19-41(35)52-45(34)36/h2*3-28H,1-2H3. The van der Waals surface area contributed by atoms with Crippen molar-refractivity contribution in [1.82, 2.24) is 39.9 Å². The molecule has 2 aliphatic carbocycles. The molecule has 0 saturated heterocycles. The topological polar surface area (TPSA) is 116 Å². The van der Waals surface area contributed by atoms with Crippen LogP contribution in [0.25, 0.3) is 177 Å². The van der Waals surface area contributed by atoms with Crippen LogP contribution in [0.3, 0.4) is 0 Å². The van der Waals surface area contributed by atoms with Crippen molar-refractivity contribution < 1.29 is 4.42 Å². The number of hydrogen-bond donors (Lipinski definition) is 0. The zero-order valence-electron chi connectivity index (χ0n) is 57.4. The molecule has 0 amide bonds. The fourth-order valence-electron chi connectivity index (χ4n) is 15.7. The zero-order valence-corrected chi connectivity index (χ0v) is 58.2. The maximum absolute atomic E-state index is 6.37. The maximum Gasteiger partial charge on any atom is 0.160 e. The fourth-order valence-corrected chi connectivity index (χ4v) is 16.9. The predicted molar refractivity (Wildman–Crippen MR) is 425 cm³/mol. The van der Waals surface area contributed by atoms with E-state index in [-0.39, 0.29) is 10.8 Å². The molecule has 0 spiro atoms. The van der Waals surface area contributed by atoms with E-state index in [9.17, 15) is 0 Å². The van der Waals surface area contributed by atoms with Crippen molar-refractivity contribution in [1.29, 1.82) is 0 Å². The monoisotopic (exact) mass is 1350 g/mol. The van der Waals surface area contributed by atoms with Crippen LogP contribution >= 0.6 is 11.3 Å². The molecule has 0 atom stereocenters. The van der Waals surface area contributed by atoms with Gasteiger partial charge in [0, 0.05) is 139 Å². The summed E-state index contributed by atoms with van der Waals surface area (Å²) in [5.41, 5.74) is 28.1. The second kappa shape index (κ2) is 24.9. The summed E-state index contributed by atoms with van der Waals surface area (Å²) in [7, 11) is 0. The van der Waals surface area contributed by atoms with Crippen LogP contribution in [0.4, 0.5) is 0 Å². The Bertz CT molecular complexity index is 5880. The molecule has 20 rings (SSSR count). The van der Waals surface area contributed by atoms with Crippen LogP contribution in [0.5, 0.6) is 0 Å². The van der Waals surface area contributed by atoms with E-state index in [0.29, 0.717) is 11.6 Å². The minimum atomic E-state index is -0.318. The first kappa shape index (κ1) is 62.0. The minimum absolute atomic E-state index is 0.307. The van der Waals surface area contributed by atoms with Gasteiger partial charge in [-0.3, -0.25) is 19.9 Å². The van der Waals surface area contributed by atoms with Crippen LogP contribution in [0.1, 0.15) is 49.9 Å². The van der Waals surface area contributed by atoms with Crippen LogP contribution in [-0.4, -0.2) is 39.9 Å². The highest BCUT2D eigenvalue weighted by Crippen LogP contribution is 2.54. The van der Waals surface area contributed by atoms with Crippen LogP contribution in [-0.2, 0) is 10.8 Å². The van der Waals surface area contributed by atoms with Crippen molar-refractivity contribution in [2.75, 3.05) is 0 Å². The van der Waals surface area contributed by atoms with E-state index in [1.165, 1.54) is 42.4 Å². The lowest BCUT2D eigenvalue weighted by Crippen LogP contribution is -2.17.